The summed E-state index contributed by atoms with van der Waals surface area (Å²) in [4.78, 5) is 4.28. The minimum Gasteiger partial charge on any atom is -0.310 e. The van der Waals surface area contributed by atoms with Gasteiger partial charge in [0.2, 0.25) is 0 Å². The number of hydrogen-bond acceptors (Lipinski definition) is 2. The van der Waals surface area contributed by atoms with E-state index in [2.05, 4.69) is 10.3 Å². The fourth-order valence-corrected chi connectivity index (χ4v) is 2.31. The van der Waals surface area contributed by atoms with Gasteiger partial charge in [-0.1, -0.05) is 19.1 Å². The van der Waals surface area contributed by atoms with E-state index in [1.807, 2.05) is 26.0 Å². The van der Waals surface area contributed by atoms with E-state index in [-0.39, 0.29) is 6.04 Å². The van der Waals surface area contributed by atoms with Gasteiger partial charge in [-0.15, -0.1) is 0 Å². The molecule has 0 bridgehead atoms. The number of hydrogen-bond donors (Lipinski definition) is 1. The molecule has 4 heteroatoms. The van der Waals surface area contributed by atoms with Crippen molar-refractivity contribution in [1.82, 2.24) is 10.3 Å². The SMILES string of the molecule is CCNC(Cc1ccc(F)c(F)c1)c1cccnc1C. The Morgan fingerprint density at radius 1 is 1.20 bits per heavy atom. The average Bonchev–Trinajstić information content (AvgIpc) is 2.43. The van der Waals surface area contributed by atoms with Gasteiger partial charge >= 0.3 is 0 Å². The minimum absolute atomic E-state index is 0.0403. The maximum Gasteiger partial charge on any atom is 0.159 e. The molecule has 0 spiro atoms. The van der Waals surface area contributed by atoms with Gasteiger partial charge in [0.05, 0.1) is 0 Å². The Bertz CT molecular complexity index is 584. The molecule has 0 aliphatic carbocycles. The average molecular weight is 276 g/mol. The number of rotatable bonds is 5. The van der Waals surface area contributed by atoms with E-state index in [1.54, 1.807) is 12.3 Å². The molecule has 2 aromatic rings. The van der Waals surface area contributed by atoms with Crippen molar-refractivity contribution in [2.45, 2.75) is 26.3 Å². The molecule has 0 fully saturated rings. The predicted octanol–water partition coefficient (Wildman–Crippen LogP) is 3.56. The molecule has 0 saturated heterocycles. The zero-order valence-corrected chi connectivity index (χ0v) is 11.7. The Hall–Kier alpha value is -1.81. The van der Waals surface area contributed by atoms with E-state index in [9.17, 15) is 8.78 Å². The first kappa shape index (κ1) is 14.6. The number of nitrogens with zero attached hydrogens (tertiary/aromatic N) is 1. The summed E-state index contributed by atoms with van der Waals surface area (Å²) in [7, 11) is 0. The number of benzene rings is 1. The summed E-state index contributed by atoms with van der Waals surface area (Å²) >= 11 is 0. The van der Waals surface area contributed by atoms with Crippen LogP contribution in [0.4, 0.5) is 8.78 Å². The standard InChI is InChI=1S/C16H18F2N2/c1-3-19-16(13-5-4-8-20-11(13)2)10-12-6-7-14(17)15(18)9-12/h4-9,16,19H,3,10H2,1-2H3. The van der Waals surface area contributed by atoms with Gasteiger partial charge in [-0.2, -0.15) is 0 Å². The summed E-state index contributed by atoms with van der Waals surface area (Å²) in [6, 6.07) is 7.98. The van der Waals surface area contributed by atoms with Crippen molar-refractivity contribution in [1.29, 1.82) is 0 Å². The third-order valence-electron chi connectivity index (χ3n) is 3.30. The van der Waals surface area contributed by atoms with Crippen molar-refractivity contribution in [3.05, 3.63) is 65.0 Å². The summed E-state index contributed by atoms with van der Waals surface area (Å²) in [5.74, 6) is -1.62. The van der Waals surface area contributed by atoms with Gasteiger partial charge in [0.1, 0.15) is 0 Å². The number of pyridine rings is 1. The van der Waals surface area contributed by atoms with E-state index in [4.69, 9.17) is 0 Å². The third kappa shape index (κ3) is 3.39. The van der Waals surface area contributed by atoms with Gasteiger partial charge < -0.3 is 5.32 Å². The zero-order valence-electron chi connectivity index (χ0n) is 11.7. The molecule has 2 nitrogen and oxygen atoms in total. The second-order valence-corrected chi connectivity index (χ2v) is 4.74. The number of likely N-dealkylation sites (N-methyl/N-ethyl adjacent to an activating group) is 1. The van der Waals surface area contributed by atoms with E-state index < -0.39 is 11.6 Å². The number of aryl methyl sites for hydroxylation is 1. The molecule has 0 aliphatic rings. The third-order valence-corrected chi connectivity index (χ3v) is 3.30. The Balaban J connectivity index is 2.25. The monoisotopic (exact) mass is 276 g/mol. The van der Waals surface area contributed by atoms with Crippen LogP contribution in [0.3, 0.4) is 0 Å². The highest BCUT2D eigenvalue weighted by Gasteiger charge is 2.15. The van der Waals surface area contributed by atoms with Crippen LogP contribution in [0.5, 0.6) is 0 Å². The summed E-state index contributed by atoms with van der Waals surface area (Å²) in [5.41, 5.74) is 2.79. The van der Waals surface area contributed by atoms with Crippen molar-refractivity contribution in [2.75, 3.05) is 6.54 Å². The number of aromatic nitrogens is 1. The second kappa shape index (κ2) is 6.57. The molecule has 1 heterocycles. The molecule has 1 atom stereocenters. The lowest BCUT2D eigenvalue weighted by Crippen LogP contribution is -2.24. The van der Waals surface area contributed by atoms with Gasteiger partial charge in [0.15, 0.2) is 11.6 Å². The maximum atomic E-state index is 13.3. The minimum atomic E-state index is -0.814. The van der Waals surface area contributed by atoms with Gasteiger partial charge in [-0.05, 0) is 49.2 Å². The fraction of sp³-hybridized carbons (Fsp3) is 0.312. The topological polar surface area (TPSA) is 24.9 Å². The van der Waals surface area contributed by atoms with Gasteiger partial charge in [0, 0.05) is 17.9 Å². The van der Waals surface area contributed by atoms with E-state index in [0.717, 1.165) is 23.4 Å². The Morgan fingerprint density at radius 2 is 2.00 bits per heavy atom. The van der Waals surface area contributed by atoms with Crippen LogP contribution in [0.15, 0.2) is 36.5 Å². The molecule has 2 rings (SSSR count). The van der Waals surface area contributed by atoms with Crippen LogP contribution in [0.2, 0.25) is 0 Å². The molecule has 0 saturated carbocycles. The molecule has 20 heavy (non-hydrogen) atoms. The molecule has 1 unspecified atom stereocenters. The lowest BCUT2D eigenvalue weighted by molar-refractivity contribution is 0.502. The molecule has 106 valence electrons. The van der Waals surface area contributed by atoms with Gasteiger partial charge in [-0.25, -0.2) is 8.78 Å². The van der Waals surface area contributed by atoms with Crippen LogP contribution in [0, 0.1) is 18.6 Å². The van der Waals surface area contributed by atoms with Crippen molar-refractivity contribution < 1.29 is 8.78 Å². The summed E-state index contributed by atoms with van der Waals surface area (Å²) in [6.45, 7) is 4.76. The lowest BCUT2D eigenvalue weighted by atomic mass is 9.97. The fourth-order valence-electron chi connectivity index (χ4n) is 2.31. The quantitative estimate of drug-likeness (QED) is 0.903. The summed E-state index contributed by atoms with van der Waals surface area (Å²) in [5, 5.41) is 3.37. The van der Waals surface area contributed by atoms with Crippen LogP contribution in [0.25, 0.3) is 0 Å². The zero-order chi connectivity index (χ0) is 14.5. The van der Waals surface area contributed by atoms with Crippen LogP contribution in [-0.4, -0.2) is 11.5 Å². The Morgan fingerprint density at radius 3 is 2.65 bits per heavy atom. The molecular formula is C16H18F2N2. The molecule has 1 aromatic heterocycles. The van der Waals surface area contributed by atoms with Crippen LogP contribution < -0.4 is 5.32 Å². The number of nitrogens with one attached hydrogen (secondary N) is 1. The predicted molar refractivity (Wildman–Crippen MR) is 75.5 cm³/mol. The van der Waals surface area contributed by atoms with Crippen molar-refractivity contribution in [3.63, 3.8) is 0 Å². The first-order chi connectivity index (χ1) is 9.61. The Kier molecular flexibility index (Phi) is 4.79. The number of halogens is 2. The van der Waals surface area contributed by atoms with Gasteiger partial charge in [0.25, 0.3) is 0 Å². The maximum absolute atomic E-state index is 13.3. The normalized spacial score (nSPS) is 12.4. The van der Waals surface area contributed by atoms with Crippen molar-refractivity contribution >= 4 is 0 Å². The highest BCUT2D eigenvalue weighted by Crippen LogP contribution is 2.21. The Labute approximate surface area is 117 Å². The smallest absolute Gasteiger partial charge is 0.159 e. The first-order valence-electron chi connectivity index (χ1n) is 6.70. The van der Waals surface area contributed by atoms with E-state index in [1.165, 1.54) is 12.1 Å². The largest absolute Gasteiger partial charge is 0.310 e. The van der Waals surface area contributed by atoms with Crippen LogP contribution in [-0.2, 0) is 6.42 Å². The molecule has 0 amide bonds. The molecule has 1 N–H and O–H groups in total. The van der Waals surface area contributed by atoms with E-state index in [0.29, 0.717) is 6.42 Å². The summed E-state index contributed by atoms with van der Waals surface area (Å²) in [6.07, 6.45) is 2.34. The summed E-state index contributed by atoms with van der Waals surface area (Å²) < 4.78 is 26.3. The van der Waals surface area contributed by atoms with Crippen molar-refractivity contribution in [2.24, 2.45) is 0 Å². The molecular weight excluding hydrogens is 258 g/mol. The lowest BCUT2D eigenvalue weighted by Gasteiger charge is -2.20. The highest BCUT2D eigenvalue weighted by atomic mass is 19.2. The first-order valence-corrected chi connectivity index (χ1v) is 6.70. The van der Waals surface area contributed by atoms with Crippen LogP contribution >= 0.6 is 0 Å². The van der Waals surface area contributed by atoms with Crippen LogP contribution in [0.1, 0.15) is 29.8 Å². The van der Waals surface area contributed by atoms with E-state index >= 15 is 0 Å². The molecule has 0 radical (unpaired) electrons. The molecule has 1 aromatic carbocycles. The van der Waals surface area contributed by atoms with Crippen molar-refractivity contribution in [3.8, 4) is 0 Å². The van der Waals surface area contributed by atoms with Gasteiger partial charge in [-0.3, -0.25) is 4.98 Å². The highest BCUT2D eigenvalue weighted by molar-refractivity contribution is 5.26. The second-order valence-electron chi connectivity index (χ2n) is 4.74. The molecule has 0 aliphatic heterocycles.